The van der Waals surface area contributed by atoms with Gasteiger partial charge in [0.2, 0.25) is 17.7 Å². The number of aliphatic hydroxyl groups excluding tert-OH is 1. The average Bonchev–Trinajstić information content (AvgIpc) is 3.65. The minimum Gasteiger partial charge on any atom is -0.391 e. The first-order valence-corrected chi connectivity index (χ1v) is 14.6. The number of benzene rings is 2. The van der Waals surface area contributed by atoms with E-state index in [9.17, 15) is 19.5 Å². The van der Waals surface area contributed by atoms with Crippen LogP contribution in [0.4, 0.5) is 0 Å². The molecule has 3 amide bonds. The summed E-state index contributed by atoms with van der Waals surface area (Å²) in [5.41, 5.74) is 8.64. The van der Waals surface area contributed by atoms with Crippen LogP contribution < -0.4 is 21.7 Å². The van der Waals surface area contributed by atoms with E-state index in [1.807, 2.05) is 60.8 Å². The van der Waals surface area contributed by atoms with Gasteiger partial charge in [-0.05, 0) is 49.9 Å². The zero-order valence-corrected chi connectivity index (χ0v) is 24.1. The Morgan fingerprint density at radius 2 is 1.63 bits per heavy atom. The van der Waals surface area contributed by atoms with Crippen LogP contribution in [-0.2, 0) is 27.2 Å². The molecule has 12 nitrogen and oxygen atoms in total. The lowest BCUT2D eigenvalue weighted by molar-refractivity contribution is -0.133. The van der Waals surface area contributed by atoms with Crippen LogP contribution >= 0.6 is 0 Å². The van der Waals surface area contributed by atoms with Crippen molar-refractivity contribution in [3.63, 3.8) is 0 Å². The molecule has 7 N–H and O–H groups in total. The Morgan fingerprint density at radius 3 is 2.40 bits per heavy atom. The average molecular weight is 587 g/mol. The third kappa shape index (κ3) is 7.09. The molecule has 43 heavy (non-hydrogen) atoms. The zero-order valence-electron chi connectivity index (χ0n) is 24.1. The van der Waals surface area contributed by atoms with Crippen LogP contribution in [0.1, 0.15) is 55.1 Å². The quantitative estimate of drug-likeness (QED) is 0.161. The number of carbonyl (C=O) groups is 3. The first-order valence-electron chi connectivity index (χ1n) is 14.6. The fourth-order valence-electron chi connectivity index (χ4n) is 5.46. The Morgan fingerprint density at radius 1 is 0.907 bits per heavy atom. The number of nitrogens with two attached hydrogens (primary N) is 1. The van der Waals surface area contributed by atoms with Gasteiger partial charge in [-0.1, -0.05) is 53.7 Å². The van der Waals surface area contributed by atoms with E-state index < -0.39 is 48.0 Å². The number of aliphatic hydroxyl groups is 1. The number of fused-ring (bicyclic) bond motifs is 3. The maximum Gasteiger partial charge on any atom is 0.245 e. The number of amides is 3. The number of para-hydroxylation sites is 1. The van der Waals surface area contributed by atoms with Crippen LogP contribution in [0.5, 0.6) is 0 Å². The van der Waals surface area contributed by atoms with E-state index in [4.69, 9.17) is 5.73 Å². The van der Waals surface area contributed by atoms with E-state index in [0.717, 1.165) is 22.0 Å². The molecule has 226 valence electrons. The molecule has 0 fully saturated rings. The van der Waals surface area contributed by atoms with Crippen LogP contribution in [0, 0.1) is 0 Å². The van der Waals surface area contributed by atoms with Gasteiger partial charge < -0.3 is 31.8 Å². The number of H-pyrrole nitrogens is 1. The van der Waals surface area contributed by atoms with Crippen molar-refractivity contribution in [2.24, 2.45) is 5.73 Å². The van der Waals surface area contributed by atoms with Gasteiger partial charge in [0.25, 0.3) is 0 Å². The van der Waals surface area contributed by atoms with Crippen molar-refractivity contribution in [2.45, 2.75) is 69.3 Å². The van der Waals surface area contributed by atoms with Crippen molar-refractivity contribution in [3.8, 4) is 0 Å². The summed E-state index contributed by atoms with van der Waals surface area (Å²) in [4.78, 5) is 44.7. The predicted molar refractivity (Wildman–Crippen MR) is 161 cm³/mol. The van der Waals surface area contributed by atoms with Gasteiger partial charge in [0.1, 0.15) is 29.9 Å². The van der Waals surface area contributed by atoms with Crippen molar-refractivity contribution >= 4 is 28.6 Å². The van der Waals surface area contributed by atoms with Crippen LogP contribution in [0.3, 0.4) is 0 Å². The number of hydrogen-bond donors (Lipinski definition) is 6. The first kappa shape index (κ1) is 29.9. The number of aromatic amines is 1. The lowest BCUT2D eigenvalue weighted by Crippen LogP contribution is -2.55. The fourth-order valence-corrected chi connectivity index (χ4v) is 5.46. The van der Waals surface area contributed by atoms with Crippen LogP contribution in [0.15, 0.2) is 67.0 Å². The second-order valence-electron chi connectivity index (χ2n) is 11.0. The van der Waals surface area contributed by atoms with Gasteiger partial charge in [0, 0.05) is 29.9 Å². The molecule has 2 aromatic heterocycles. The highest BCUT2D eigenvalue weighted by atomic mass is 16.3. The van der Waals surface area contributed by atoms with Crippen LogP contribution in [-0.4, -0.2) is 67.5 Å². The van der Waals surface area contributed by atoms with Crippen LogP contribution in [0.25, 0.3) is 10.9 Å². The highest BCUT2D eigenvalue weighted by molar-refractivity contribution is 5.94. The van der Waals surface area contributed by atoms with Crippen molar-refractivity contribution in [1.29, 1.82) is 0 Å². The maximum atomic E-state index is 14.0. The number of nitrogens with zero attached hydrogens (tertiary/aromatic N) is 3. The monoisotopic (exact) mass is 586 g/mol. The molecule has 2 aromatic carbocycles. The molecule has 0 saturated heterocycles. The third-order valence-corrected chi connectivity index (χ3v) is 7.83. The zero-order chi connectivity index (χ0) is 30.3. The number of carbonyl (C=O) groups excluding carboxylic acids is 3. The van der Waals surface area contributed by atoms with Gasteiger partial charge in [-0.3, -0.25) is 14.4 Å². The molecule has 0 spiro atoms. The standard InChI is InChI=1S/C31H38N8O4/c1-19(40)28-26-18-39(38-37-26)27(15-20-9-3-2-4-10-20)31(43)35-25(16-21-17-33-23-12-6-5-11-22(21)23)30(42)34-24(29(41)36-28)13-7-8-14-32/h2-6,9-12,17-19,24-25,27-28,33,40H,7-8,13-16,32H2,1H3,(H,34,42)(H,35,43)(H,36,41)/t19-,24-,25-,27-,28+/m0/s1. The topological polar surface area (TPSA) is 180 Å². The number of aromatic nitrogens is 4. The van der Waals surface area contributed by atoms with Gasteiger partial charge in [0.15, 0.2) is 0 Å². The largest absolute Gasteiger partial charge is 0.391 e. The SMILES string of the molecule is C[C@H](O)[C@H]1NC(=O)[C@H](CCCCN)NC(=O)[C@H](Cc2c[nH]c3ccccc23)NC(=O)[C@H](Cc2ccccc2)n2cc1nn2. The molecule has 3 heterocycles. The lowest BCUT2D eigenvalue weighted by atomic mass is 10.0. The smallest absolute Gasteiger partial charge is 0.245 e. The molecule has 0 radical (unpaired) electrons. The second kappa shape index (κ2) is 13.6. The predicted octanol–water partition coefficient (Wildman–Crippen LogP) is 1.44. The molecule has 0 unspecified atom stereocenters. The van der Waals surface area contributed by atoms with Gasteiger partial charge in [0.05, 0.1) is 12.3 Å². The van der Waals surface area contributed by atoms with Crippen molar-refractivity contribution in [3.05, 3.63) is 83.8 Å². The minimum absolute atomic E-state index is 0.190. The van der Waals surface area contributed by atoms with Crippen molar-refractivity contribution < 1.29 is 19.5 Å². The second-order valence-corrected chi connectivity index (χ2v) is 11.0. The minimum atomic E-state index is -1.02. The molecule has 0 saturated carbocycles. The number of nitrogens with one attached hydrogen (secondary N) is 4. The molecule has 5 atom stereocenters. The van der Waals surface area contributed by atoms with Gasteiger partial charge in [-0.15, -0.1) is 5.10 Å². The molecule has 0 aliphatic carbocycles. The summed E-state index contributed by atoms with van der Waals surface area (Å²) in [5, 5.41) is 28.7. The van der Waals surface area contributed by atoms with Gasteiger partial charge >= 0.3 is 0 Å². The Bertz CT molecular complexity index is 1550. The summed E-state index contributed by atoms with van der Waals surface area (Å²) in [6, 6.07) is 13.5. The highest BCUT2D eigenvalue weighted by Crippen LogP contribution is 2.22. The summed E-state index contributed by atoms with van der Waals surface area (Å²) in [6.45, 7) is 1.99. The normalized spacial score (nSPS) is 22.1. The summed E-state index contributed by atoms with van der Waals surface area (Å²) < 4.78 is 1.43. The molecule has 5 rings (SSSR count). The summed E-state index contributed by atoms with van der Waals surface area (Å²) in [7, 11) is 0. The molecule has 2 bridgehead atoms. The fraction of sp³-hybridized carbons (Fsp3) is 0.387. The highest BCUT2D eigenvalue weighted by Gasteiger charge is 2.34. The number of hydrogen-bond acceptors (Lipinski definition) is 7. The molecule has 1 aliphatic heterocycles. The van der Waals surface area contributed by atoms with Gasteiger partial charge in [-0.25, -0.2) is 4.68 Å². The van der Waals surface area contributed by atoms with E-state index in [1.165, 1.54) is 11.6 Å². The van der Waals surface area contributed by atoms with E-state index in [0.29, 0.717) is 31.5 Å². The number of rotatable bonds is 9. The Labute approximate surface area is 249 Å². The molecule has 4 aromatic rings. The number of unbranched alkanes of at least 4 members (excludes halogenated alkanes) is 1. The Hall–Kier alpha value is -4.55. The van der Waals surface area contributed by atoms with E-state index in [1.54, 1.807) is 6.20 Å². The maximum absolute atomic E-state index is 14.0. The summed E-state index contributed by atoms with van der Waals surface area (Å²) in [5.74, 6) is -1.38. The van der Waals surface area contributed by atoms with E-state index >= 15 is 0 Å². The van der Waals surface area contributed by atoms with E-state index in [2.05, 4.69) is 31.2 Å². The van der Waals surface area contributed by atoms with Crippen molar-refractivity contribution in [1.82, 2.24) is 35.9 Å². The summed E-state index contributed by atoms with van der Waals surface area (Å²) >= 11 is 0. The van der Waals surface area contributed by atoms with E-state index in [-0.39, 0.29) is 12.8 Å². The molecule has 1 aliphatic rings. The molecular weight excluding hydrogens is 548 g/mol. The first-order chi connectivity index (χ1) is 20.8. The summed E-state index contributed by atoms with van der Waals surface area (Å²) in [6.07, 6.45) is 4.45. The Kier molecular flexibility index (Phi) is 9.48. The van der Waals surface area contributed by atoms with Crippen molar-refractivity contribution in [2.75, 3.05) is 6.54 Å². The van der Waals surface area contributed by atoms with Crippen LogP contribution in [0.2, 0.25) is 0 Å². The Balaban J connectivity index is 1.54. The molecular formula is C31H38N8O4. The molecule has 12 heteroatoms. The third-order valence-electron chi connectivity index (χ3n) is 7.83. The lowest BCUT2D eigenvalue weighted by Gasteiger charge is -2.26. The van der Waals surface area contributed by atoms with Gasteiger partial charge in [-0.2, -0.15) is 0 Å².